The maximum Gasteiger partial charge on any atom is 0.251 e. The van der Waals surface area contributed by atoms with Crippen LogP contribution in [-0.2, 0) is 10.0 Å². The van der Waals surface area contributed by atoms with Gasteiger partial charge in [-0.25, -0.2) is 13.1 Å². The summed E-state index contributed by atoms with van der Waals surface area (Å²) in [5, 5.41) is 5.50. The van der Waals surface area contributed by atoms with Gasteiger partial charge in [-0.2, -0.15) is 0 Å². The average molecular weight is 285 g/mol. The molecule has 0 aromatic heterocycles. The lowest BCUT2D eigenvalue weighted by Gasteiger charge is -2.07. The molecule has 0 saturated carbocycles. The van der Waals surface area contributed by atoms with Gasteiger partial charge in [0, 0.05) is 25.7 Å². The number of hydrogen-bond donors (Lipinski definition) is 3. The lowest BCUT2D eigenvalue weighted by atomic mass is 10.2. The molecule has 106 valence electrons. The molecule has 1 rings (SSSR count). The third-order valence-electron chi connectivity index (χ3n) is 2.50. The highest BCUT2D eigenvalue weighted by molar-refractivity contribution is 7.89. The van der Waals surface area contributed by atoms with Crippen LogP contribution in [0.25, 0.3) is 0 Å². The molecule has 0 spiro atoms. The minimum Gasteiger partial charge on any atom is -0.355 e. The molecule has 19 heavy (non-hydrogen) atoms. The number of hydrogen-bond acceptors (Lipinski definition) is 4. The second kappa shape index (κ2) is 7.22. The summed E-state index contributed by atoms with van der Waals surface area (Å²) in [6.45, 7) is 3.65. The summed E-state index contributed by atoms with van der Waals surface area (Å²) in [4.78, 5) is 11.5. The van der Waals surface area contributed by atoms with E-state index in [1.807, 2.05) is 6.92 Å². The predicted octanol–water partition coefficient (Wildman–Crippen LogP) is -0.0660. The fourth-order valence-electron chi connectivity index (χ4n) is 1.46. The zero-order valence-electron chi connectivity index (χ0n) is 11.1. The standard InChI is InChI=1S/C12H19N3O3S/c1-3-14-8-9-15-19(17,18)11-6-4-10(5-7-11)12(16)13-2/h4-7,14-15H,3,8-9H2,1-2H3,(H,13,16). The first kappa shape index (κ1) is 15.6. The van der Waals surface area contributed by atoms with Gasteiger partial charge in [-0.05, 0) is 30.8 Å². The van der Waals surface area contributed by atoms with E-state index in [9.17, 15) is 13.2 Å². The molecule has 0 unspecified atom stereocenters. The van der Waals surface area contributed by atoms with E-state index in [1.54, 1.807) is 0 Å². The normalized spacial score (nSPS) is 11.3. The Labute approximate surface area is 113 Å². The van der Waals surface area contributed by atoms with Gasteiger partial charge in [0.1, 0.15) is 0 Å². The summed E-state index contributed by atoms with van der Waals surface area (Å²) < 4.78 is 26.3. The second-order valence-electron chi connectivity index (χ2n) is 3.85. The van der Waals surface area contributed by atoms with Gasteiger partial charge in [-0.1, -0.05) is 6.92 Å². The Hall–Kier alpha value is -1.44. The molecular formula is C12H19N3O3S. The lowest BCUT2D eigenvalue weighted by molar-refractivity contribution is 0.0963. The number of sulfonamides is 1. The first-order valence-electron chi connectivity index (χ1n) is 6.03. The van der Waals surface area contributed by atoms with Gasteiger partial charge >= 0.3 is 0 Å². The number of carbonyl (C=O) groups excluding carboxylic acids is 1. The topological polar surface area (TPSA) is 87.3 Å². The Kier molecular flexibility index (Phi) is 5.94. The van der Waals surface area contributed by atoms with Crippen LogP contribution in [0.5, 0.6) is 0 Å². The van der Waals surface area contributed by atoms with Crippen molar-refractivity contribution < 1.29 is 13.2 Å². The van der Waals surface area contributed by atoms with Crippen molar-refractivity contribution in [3.05, 3.63) is 29.8 Å². The minimum atomic E-state index is -3.51. The van der Waals surface area contributed by atoms with Crippen LogP contribution in [-0.4, -0.2) is 41.0 Å². The molecule has 6 nitrogen and oxygen atoms in total. The van der Waals surface area contributed by atoms with Gasteiger partial charge in [-0.3, -0.25) is 4.79 Å². The minimum absolute atomic E-state index is 0.150. The van der Waals surface area contributed by atoms with E-state index >= 15 is 0 Å². The zero-order valence-corrected chi connectivity index (χ0v) is 11.9. The number of nitrogens with one attached hydrogen (secondary N) is 3. The smallest absolute Gasteiger partial charge is 0.251 e. The third kappa shape index (κ3) is 4.62. The Bertz CT molecular complexity index is 512. The van der Waals surface area contributed by atoms with E-state index in [-0.39, 0.29) is 10.8 Å². The van der Waals surface area contributed by atoms with E-state index in [0.717, 1.165) is 6.54 Å². The molecular weight excluding hydrogens is 266 g/mol. The number of amides is 1. The maximum atomic E-state index is 11.9. The van der Waals surface area contributed by atoms with Gasteiger partial charge in [0.15, 0.2) is 0 Å². The molecule has 1 amide bonds. The molecule has 0 aliphatic rings. The van der Waals surface area contributed by atoms with Gasteiger partial charge in [-0.15, -0.1) is 0 Å². The molecule has 0 saturated heterocycles. The van der Waals surface area contributed by atoms with Crippen LogP contribution in [0, 0.1) is 0 Å². The van der Waals surface area contributed by atoms with Crippen molar-refractivity contribution in [1.29, 1.82) is 0 Å². The number of likely N-dealkylation sites (N-methyl/N-ethyl adjacent to an activating group) is 1. The first-order chi connectivity index (χ1) is 9.01. The monoisotopic (exact) mass is 285 g/mol. The van der Waals surface area contributed by atoms with Crippen molar-refractivity contribution in [2.45, 2.75) is 11.8 Å². The van der Waals surface area contributed by atoms with E-state index in [2.05, 4.69) is 15.4 Å². The van der Waals surface area contributed by atoms with Crippen LogP contribution >= 0.6 is 0 Å². The molecule has 1 aromatic rings. The molecule has 0 atom stereocenters. The fourth-order valence-corrected chi connectivity index (χ4v) is 2.50. The van der Waals surface area contributed by atoms with Crippen LogP contribution in [0.15, 0.2) is 29.2 Å². The quantitative estimate of drug-likeness (QED) is 0.612. The molecule has 7 heteroatoms. The average Bonchev–Trinajstić information content (AvgIpc) is 2.43. The van der Waals surface area contributed by atoms with E-state index in [4.69, 9.17) is 0 Å². The lowest BCUT2D eigenvalue weighted by Crippen LogP contribution is -2.31. The Morgan fingerprint density at radius 2 is 1.79 bits per heavy atom. The van der Waals surface area contributed by atoms with E-state index in [1.165, 1.54) is 31.3 Å². The van der Waals surface area contributed by atoms with Crippen molar-refractivity contribution in [3.8, 4) is 0 Å². The van der Waals surface area contributed by atoms with Crippen molar-refractivity contribution >= 4 is 15.9 Å². The highest BCUT2D eigenvalue weighted by atomic mass is 32.2. The van der Waals surface area contributed by atoms with Gasteiger partial charge in [0.05, 0.1) is 4.90 Å². The first-order valence-corrected chi connectivity index (χ1v) is 7.52. The molecule has 0 fully saturated rings. The molecule has 0 aliphatic heterocycles. The van der Waals surface area contributed by atoms with Crippen LogP contribution < -0.4 is 15.4 Å². The van der Waals surface area contributed by atoms with Crippen molar-refractivity contribution in [3.63, 3.8) is 0 Å². The van der Waals surface area contributed by atoms with Crippen molar-refractivity contribution in [1.82, 2.24) is 15.4 Å². The Morgan fingerprint density at radius 1 is 1.16 bits per heavy atom. The zero-order chi connectivity index (χ0) is 14.3. The Balaban J connectivity index is 2.71. The fraction of sp³-hybridized carbons (Fsp3) is 0.417. The summed E-state index contributed by atoms with van der Waals surface area (Å²) in [5.74, 6) is -0.246. The maximum absolute atomic E-state index is 11.9. The molecule has 3 N–H and O–H groups in total. The number of rotatable bonds is 7. The van der Waals surface area contributed by atoms with E-state index in [0.29, 0.717) is 18.7 Å². The molecule has 0 aliphatic carbocycles. The number of carbonyl (C=O) groups is 1. The third-order valence-corrected chi connectivity index (χ3v) is 3.97. The number of benzene rings is 1. The molecule has 0 heterocycles. The summed E-state index contributed by atoms with van der Waals surface area (Å²) in [5.41, 5.74) is 0.425. The highest BCUT2D eigenvalue weighted by Gasteiger charge is 2.13. The van der Waals surface area contributed by atoms with Crippen molar-refractivity contribution in [2.75, 3.05) is 26.7 Å². The molecule has 0 radical (unpaired) electrons. The van der Waals surface area contributed by atoms with Crippen LogP contribution in [0.4, 0.5) is 0 Å². The van der Waals surface area contributed by atoms with Gasteiger partial charge in [0.2, 0.25) is 10.0 Å². The summed E-state index contributed by atoms with van der Waals surface area (Å²) in [7, 11) is -1.99. The van der Waals surface area contributed by atoms with E-state index < -0.39 is 10.0 Å². The van der Waals surface area contributed by atoms with Crippen LogP contribution in [0.2, 0.25) is 0 Å². The highest BCUT2D eigenvalue weighted by Crippen LogP contribution is 2.10. The predicted molar refractivity (Wildman–Crippen MR) is 73.6 cm³/mol. The second-order valence-corrected chi connectivity index (χ2v) is 5.62. The largest absolute Gasteiger partial charge is 0.355 e. The molecule has 1 aromatic carbocycles. The van der Waals surface area contributed by atoms with Gasteiger partial charge in [0.25, 0.3) is 5.91 Å². The summed E-state index contributed by atoms with van der Waals surface area (Å²) in [6.07, 6.45) is 0. The molecule has 0 bridgehead atoms. The van der Waals surface area contributed by atoms with Crippen molar-refractivity contribution in [2.24, 2.45) is 0 Å². The summed E-state index contributed by atoms with van der Waals surface area (Å²) in [6, 6.07) is 5.80. The van der Waals surface area contributed by atoms with Gasteiger partial charge < -0.3 is 10.6 Å². The SMILES string of the molecule is CCNCCNS(=O)(=O)c1ccc(C(=O)NC)cc1. The summed E-state index contributed by atoms with van der Waals surface area (Å²) >= 11 is 0. The van der Waals surface area contributed by atoms with Crippen LogP contribution in [0.3, 0.4) is 0 Å². The Morgan fingerprint density at radius 3 is 2.32 bits per heavy atom. The van der Waals surface area contributed by atoms with Crippen LogP contribution in [0.1, 0.15) is 17.3 Å².